The summed E-state index contributed by atoms with van der Waals surface area (Å²) in [6.07, 6.45) is 2.78. The molecule has 0 bridgehead atoms. The van der Waals surface area contributed by atoms with Crippen LogP contribution in [0.15, 0.2) is 66.7 Å². The van der Waals surface area contributed by atoms with E-state index < -0.39 is 17.8 Å². The highest BCUT2D eigenvalue weighted by Crippen LogP contribution is 2.47. The van der Waals surface area contributed by atoms with Gasteiger partial charge in [-0.3, -0.25) is 9.59 Å². The second-order valence-corrected chi connectivity index (χ2v) is 10.1. The molecular weight excluding hydrogens is 483 g/mol. The molecular formula is C31H33FN2O4. The topological polar surface area (TPSA) is 59.1 Å². The zero-order chi connectivity index (χ0) is 26.8. The maximum atomic E-state index is 15.1. The minimum absolute atomic E-state index is 0.107. The summed E-state index contributed by atoms with van der Waals surface area (Å²) in [4.78, 5) is 31.2. The number of carbonyl (C=O) groups excluding carboxylic acids is 2. The van der Waals surface area contributed by atoms with Gasteiger partial charge < -0.3 is 19.3 Å². The van der Waals surface area contributed by atoms with Crippen molar-refractivity contribution in [2.24, 2.45) is 5.92 Å². The molecule has 3 aromatic carbocycles. The Balaban J connectivity index is 1.50. The first-order chi connectivity index (χ1) is 18.4. The molecule has 1 saturated heterocycles. The number of fused-ring (bicyclic) bond motifs is 1. The van der Waals surface area contributed by atoms with Crippen LogP contribution in [0.1, 0.15) is 51.8 Å². The van der Waals surface area contributed by atoms with Crippen molar-refractivity contribution in [3.63, 3.8) is 0 Å². The Morgan fingerprint density at radius 3 is 2.21 bits per heavy atom. The molecule has 0 N–H and O–H groups in total. The first-order valence-corrected chi connectivity index (χ1v) is 13.0. The van der Waals surface area contributed by atoms with Gasteiger partial charge in [0.15, 0.2) is 11.5 Å². The minimum Gasteiger partial charge on any atom is -0.493 e. The Kier molecular flexibility index (Phi) is 7.36. The first kappa shape index (κ1) is 25.8. The molecule has 1 fully saturated rings. The largest absolute Gasteiger partial charge is 0.493 e. The summed E-state index contributed by atoms with van der Waals surface area (Å²) in [5.41, 5.74) is 2.53. The van der Waals surface area contributed by atoms with Gasteiger partial charge in [0.1, 0.15) is 5.82 Å². The molecule has 7 heteroatoms. The van der Waals surface area contributed by atoms with Crippen molar-refractivity contribution in [2.45, 2.75) is 31.2 Å². The number of benzene rings is 3. The van der Waals surface area contributed by atoms with Crippen LogP contribution in [0.3, 0.4) is 0 Å². The Bertz CT molecular complexity index is 1320. The molecule has 2 heterocycles. The van der Waals surface area contributed by atoms with Crippen LogP contribution < -0.4 is 9.47 Å². The fraction of sp³-hybridized carbons (Fsp3) is 0.355. The summed E-state index contributed by atoms with van der Waals surface area (Å²) in [5.74, 6) is -0.295. The normalized spacial score (nSPS) is 19.7. The number of halogens is 1. The van der Waals surface area contributed by atoms with E-state index >= 15 is 4.39 Å². The molecule has 38 heavy (non-hydrogen) atoms. The summed E-state index contributed by atoms with van der Waals surface area (Å²) in [5, 5.41) is 0. The number of methoxy groups -OCH3 is 2. The monoisotopic (exact) mass is 516 g/mol. The van der Waals surface area contributed by atoms with Gasteiger partial charge in [0, 0.05) is 31.3 Å². The summed E-state index contributed by atoms with van der Waals surface area (Å²) < 4.78 is 26.1. The Hall–Kier alpha value is -3.87. The smallest absolute Gasteiger partial charge is 0.254 e. The highest BCUT2D eigenvalue weighted by molar-refractivity contribution is 6.02. The van der Waals surface area contributed by atoms with Crippen LogP contribution in [-0.2, 0) is 11.2 Å². The first-order valence-electron chi connectivity index (χ1n) is 13.0. The summed E-state index contributed by atoms with van der Waals surface area (Å²) >= 11 is 0. The fourth-order valence-electron chi connectivity index (χ4n) is 5.92. The van der Waals surface area contributed by atoms with Gasteiger partial charge in [-0.05, 0) is 54.5 Å². The third-order valence-corrected chi connectivity index (χ3v) is 7.96. The van der Waals surface area contributed by atoms with E-state index in [1.54, 1.807) is 37.4 Å². The molecule has 5 rings (SSSR count). The highest BCUT2D eigenvalue weighted by Gasteiger charge is 2.46. The van der Waals surface area contributed by atoms with E-state index in [-0.39, 0.29) is 11.8 Å². The molecule has 6 nitrogen and oxygen atoms in total. The minimum atomic E-state index is -0.788. The molecule has 0 aromatic heterocycles. The predicted octanol–water partition coefficient (Wildman–Crippen LogP) is 5.23. The number of hydrogen-bond donors (Lipinski definition) is 0. The molecule has 0 aliphatic carbocycles. The van der Waals surface area contributed by atoms with Crippen molar-refractivity contribution in [3.8, 4) is 11.5 Å². The molecule has 0 unspecified atom stereocenters. The highest BCUT2D eigenvalue weighted by atomic mass is 19.1. The van der Waals surface area contributed by atoms with Gasteiger partial charge in [0.25, 0.3) is 5.91 Å². The number of nitrogens with zero attached hydrogens (tertiary/aromatic N) is 2. The van der Waals surface area contributed by atoms with Crippen molar-refractivity contribution in [1.29, 1.82) is 0 Å². The van der Waals surface area contributed by atoms with Gasteiger partial charge >= 0.3 is 0 Å². The second-order valence-electron chi connectivity index (χ2n) is 10.1. The van der Waals surface area contributed by atoms with E-state index in [0.717, 1.165) is 19.3 Å². The van der Waals surface area contributed by atoms with E-state index in [4.69, 9.17) is 9.47 Å². The average molecular weight is 517 g/mol. The lowest BCUT2D eigenvalue weighted by atomic mass is 9.78. The van der Waals surface area contributed by atoms with Crippen LogP contribution >= 0.6 is 0 Å². The molecule has 0 spiro atoms. The number of piperidine rings is 1. The molecule has 3 aromatic rings. The molecule has 2 aliphatic heterocycles. The lowest BCUT2D eigenvalue weighted by molar-refractivity contribution is -0.136. The van der Waals surface area contributed by atoms with Crippen LogP contribution in [0, 0.1) is 11.7 Å². The van der Waals surface area contributed by atoms with E-state index in [1.165, 1.54) is 30.7 Å². The van der Waals surface area contributed by atoms with Crippen molar-refractivity contribution in [3.05, 3.63) is 94.8 Å². The van der Waals surface area contributed by atoms with Gasteiger partial charge in [0.2, 0.25) is 5.91 Å². The SMILES string of the molecule is COc1cc2c(cc1OC)[C@H](C(=O)N1CCC(Cc3ccccc3)CC1)[C@@H](c1ccccc1F)N(C)C2=O. The van der Waals surface area contributed by atoms with Gasteiger partial charge in [-0.2, -0.15) is 0 Å². The summed E-state index contributed by atoms with van der Waals surface area (Å²) in [7, 11) is 4.65. The number of likely N-dealkylation sites (N-methyl/N-ethyl adjacent to an activating group) is 1. The number of likely N-dealkylation sites (tertiary alicyclic amines) is 1. The van der Waals surface area contributed by atoms with Gasteiger partial charge in [-0.1, -0.05) is 48.5 Å². The Labute approximate surface area is 223 Å². The van der Waals surface area contributed by atoms with Crippen LogP contribution in [0.25, 0.3) is 0 Å². The van der Waals surface area contributed by atoms with E-state index in [1.807, 2.05) is 11.0 Å². The standard InChI is InChI=1S/C31H33FN2O4/c1-33-29(22-11-7-8-12-25(22)32)28(23-18-26(37-2)27(38-3)19-24(23)30(33)35)31(36)34-15-13-21(14-16-34)17-20-9-5-4-6-10-20/h4-12,18-19,21,28-29H,13-17H2,1-3H3/t28-,29+/m0/s1. The lowest BCUT2D eigenvalue weighted by Crippen LogP contribution is -2.49. The van der Waals surface area contributed by atoms with E-state index in [9.17, 15) is 9.59 Å². The number of amides is 2. The van der Waals surface area contributed by atoms with E-state index in [2.05, 4.69) is 24.3 Å². The zero-order valence-electron chi connectivity index (χ0n) is 22.0. The zero-order valence-corrected chi connectivity index (χ0v) is 22.0. The van der Waals surface area contributed by atoms with Crippen molar-refractivity contribution in [1.82, 2.24) is 9.80 Å². The number of carbonyl (C=O) groups is 2. The molecule has 0 radical (unpaired) electrons. The third kappa shape index (κ3) is 4.73. The molecule has 2 aliphatic rings. The maximum Gasteiger partial charge on any atom is 0.254 e. The van der Waals surface area contributed by atoms with Gasteiger partial charge in [-0.15, -0.1) is 0 Å². The molecule has 2 atom stereocenters. The number of hydrogen-bond acceptors (Lipinski definition) is 4. The van der Waals surface area contributed by atoms with Gasteiger partial charge in [-0.25, -0.2) is 4.39 Å². The average Bonchev–Trinajstić information content (AvgIpc) is 2.95. The fourth-order valence-corrected chi connectivity index (χ4v) is 5.92. The predicted molar refractivity (Wildman–Crippen MR) is 143 cm³/mol. The molecule has 2 amide bonds. The van der Waals surface area contributed by atoms with Crippen LogP contribution in [0.2, 0.25) is 0 Å². The summed E-state index contributed by atoms with van der Waals surface area (Å²) in [6, 6.07) is 19.3. The van der Waals surface area contributed by atoms with Gasteiger partial charge in [0.05, 0.1) is 26.2 Å². The lowest BCUT2D eigenvalue weighted by Gasteiger charge is -2.43. The second kappa shape index (κ2) is 10.9. The van der Waals surface area contributed by atoms with Crippen LogP contribution in [0.4, 0.5) is 4.39 Å². The molecule has 0 saturated carbocycles. The Morgan fingerprint density at radius 2 is 1.55 bits per heavy atom. The summed E-state index contributed by atoms with van der Waals surface area (Å²) in [6.45, 7) is 1.24. The van der Waals surface area contributed by atoms with Crippen molar-refractivity contribution < 1.29 is 23.5 Å². The van der Waals surface area contributed by atoms with Crippen LogP contribution in [-0.4, -0.2) is 56.0 Å². The van der Waals surface area contributed by atoms with Crippen molar-refractivity contribution in [2.75, 3.05) is 34.4 Å². The number of ether oxygens (including phenoxy) is 2. The van der Waals surface area contributed by atoms with Crippen molar-refractivity contribution >= 4 is 11.8 Å². The maximum absolute atomic E-state index is 15.1. The third-order valence-electron chi connectivity index (χ3n) is 7.96. The number of rotatable bonds is 6. The quantitative estimate of drug-likeness (QED) is 0.450. The van der Waals surface area contributed by atoms with Crippen LogP contribution in [0.5, 0.6) is 11.5 Å². The Morgan fingerprint density at radius 1 is 0.921 bits per heavy atom. The molecule has 198 valence electrons. The van der Waals surface area contributed by atoms with E-state index in [0.29, 0.717) is 47.2 Å².